The van der Waals surface area contributed by atoms with E-state index in [0.29, 0.717) is 29.0 Å². The second kappa shape index (κ2) is 8.93. The van der Waals surface area contributed by atoms with E-state index < -0.39 is 4.92 Å². The normalized spacial score (nSPS) is 10.7. The number of nitro benzene ring substituents is 1. The van der Waals surface area contributed by atoms with Crippen molar-refractivity contribution in [2.24, 2.45) is 0 Å². The Balaban J connectivity index is 1.70. The molecule has 1 amide bonds. The van der Waals surface area contributed by atoms with Crippen LogP contribution in [0.1, 0.15) is 5.76 Å². The number of halogens is 1. The van der Waals surface area contributed by atoms with Gasteiger partial charge in [0.25, 0.3) is 5.69 Å². The van der Waals surface area contributed by atoms with Gasteiger partial charge in [0.15, 0.2) is 11.0 Å². The molecular formula is C18H16ClN5O4S. The molecule has 2 heterocycles. The third-order valence-electron chi connectivity index (χ3n) is 3.90. The zero-order chi connectivity index (χ0) is 21.0. The molecule has 9 nitrogen and oxygen atoms in total. The molecule has 29 heavy (non-hydrogen) atoms. The summed E-state index contributed by atoms with van der Waals surface area (Å²) in [6, 6.07) is 5.65. The van der Waals surface area contributed by atoms with Crippen LogP contribution in [0.25, 0.3) is 11.4 Å². The number of nitrogens with one attached hydrogen (secondary N) is 1. The summed E-state index contributed by atoms with van der Waals surface area (Å²) in [7, 11) is 0. The van der Waals surface area contributed by atoms with Gasteiger partial charge < -0.3 is 9.73 Å². The Morgan fingerprint density at radius 2 is 2.24 bits per heavy atom. The van der Waals surface area contributed by atoms with E-state index in [-0.39, 0.29) is 22.4 Å². The first kappa shape index (κ1) is 20.6. The lowest BCUT2D eigenvalue weighted by molar-refractivity contribution is -0.384. The number of aromatic nitrogens is 3. The lowest BCUT2D eigenvalue weighted by Crippen LogP contribution is -2.15. The quantitative estimate of drug-likeness (QED) is 0.243. The number of rotatable bonds is 8. The standard InChI is InChI=1S/C18H16ClN5O4S/c1-3-7-23-17(13-6-8-28-11(13)2)21-22-18(23)29-10-16(25)20-15-5-4-12(24(26)27)9-14(15)19/h3-6,8-9H,1,7,10H2,2H3,(H,20,25). The van der Waals surface area contributed by atoms with Crippen molar-refractivity contribution in [3.63, 3.8) is 0 Å². The first-order chi connectivity index (χ1) is 13.9. The summed E-state index contributed by atoms with van der Waals surface area (Å²) in [4.78, 5) is 22.5. The smallest absolute Gasteiger partial charge is 0.271 e. The molecule has 2 aromatic heterocycles. The van der Waals surface area contributed by atoms with Gasteiger partial charge in [0, 0.05) is 18.7 Å². The van der Waals surface area contributed by atoms with Gasteiger partial charge in [0.2, 0.25) is 5.91 Å². The molecule has 0 aliphatic heterocycles. The first-order valence-electron chi connectivity index (χ1n) is 8.36. The molecule has 0 unspecified atom stereocenters. The predicted octanol–water partition coefficient (Wildman–Crippen LogP) is 4.32. The van der Waals surface area contributed by atoms with Gasteiger partial charge in [-0.15, -0.1) is 16.8 Å². The van der Waals surface area contributed by atoms with Crippen LogP contribution in [-0.2, 0) is 11.3 Å². The highest BCUT2D eigenvalue weighted by molar-refractivity contribution is 7.99. The van der Waals surface area contributed by atoms with Crippen molar-refractivity contribution in [1.82, 2.24) is 14.8 Å². The van der Waals surface area contributed by atoms with E-state index in [9.17, 15) is 14.9 Å². The van der Waals surface area contributed by atoms with E-state index in [1.165, 1.54) is 30.0 Å². The van der Waals surface area contributed by atoms with Crippen molar-refractivity contribution < 1.29 is 14.1 Å². The van der Waals surface area contributed by atoms with Crippen molar-refractivity contribution in [2.45, 2.75) is 18.6 Å². The van der Waals surface area contributed by atoms with Gasteiger partial charge in [-0.2, -0.15) is 0 Å². The molecule has 11 heteroatoms. The van der Waals surface area contributed by atoms with E-state index in [4.69, 9.17) is 16.0 Å². The van der Waals surface area contributed by atoms with Crippen LogP contribution < -0.4 is 5.32 Å². The second-order valence-electron chi connectivity index (χ2n) is 5.85. The Morgan fingerprint density at radius 3 is 2.86 bits per heavy atom. The Kier molecular flexibility index (Phi) is 6.35. The molecule has 0 bridgehead atoms. The first-order valence-corrected chi connectivity index (χ1v) is 9.72. The molecule has 0 atom stereocenters. The molecule has 3 aromatic rings. The number of hydrogen-bond acceptors (Lipinski definition) is 7. The average molecular weight is 434 g/mol. The topological polar surface area (TPSA) is 116 Å². The zero-order valence-electron chi connectivity index (χ0n) is 15.3. The molecule has 1 N–H and O–H groups in total. The summed E-state index contributed by atoms with van der Waals surface area (Å²) in [6.45, 7) is 6.04. The van der Waals surface area contributed by atoms with Crippen molar-refractivity contribution >= 4 is 40.6 Å². The van der Waals surface area contributed by atoms with Gasteiger partial charge >= 0.3 is 0 Å². The van der Waals surface area contributed by atoms with Crippen molar-refractivity contribution in [3.05, 3.63) is 64.1 Å². The number of hydrogen-bond donors (Lipinski definition) is 1. The maximum absolute atomic E-state index is 12.3. The van der Waals surface area contributed by atoms with Crippen LogP contribution in [-0.4, -0.2) is 31.3 Å². The minimum Gasteiger partial charge on any atom is -0.469 e. The van der Waals surface area contributed by atoms with E-state index in [2.05, 4.69) is 22.1 Å². The molecule has 0 spiro atoms. The molecular weight excluding hydrogens is 418 g/mol. The van der Waals surface area contributed by atoms with E-state index >= 15 is 0 Å². The van der Waals surface area contributed by atoms with E-state index in [1.807, 2.05) is 11.5 Å². The Hall–Kier alpha value is -3.11. The maximum atomic E-state index is 12.3. The highest BCUT2D eigenvalue weighted by atomic mass is 35.5. The molecule has 0 saturated heterocycles. The highest BCUT2D eigenvalue weighted by Crippen LogP contribution is 2.29. The van der Waals surface area contributed by atoms with Crippen molar-refractivity contribution in [3.8, 4) is 11.4 Å². The van der Waals surface area contributed by atoms with Crippen LogP contribution in [0.3, 0.4) is 0 Å². The summed E-state index contributed by atoms with van der Waals surface area (Å²) in [5, 5.41) is 22.4. The number of carbonyl (C=O) groups is 1. The van der Waals surface area contributed by atoms with Gasteiger partial charge in [-0.1, -0.05) is 29.4 Å². The SMILES string of the molecule is C=CCn1c(SCC(=O)Nc2ccc([N+](=O)[O-])cc2Cl)nnc1-c1ccoc1C. The number of non-ortho nitro benzene ring substituents is 1. The number of furan rings is 1. The monoisotopic (exact) mass is 433 g/mol. The third kappa shape index (κ3) is 4.66. The molecule has 1 aromatic carbocycles. The number of benzene rings is 1. The predicted molar refractivity (Wildman–Crippen MR) is 110 cm³/mol. The summed E-state index contributed by atoms with van der Waals surface area (Å²) >= 11 is 7.20. The maximum Gasteiger partial charge on any atom is 0.271 e. The minimum atomic E-state index is -0.556. The summed E-state index contributed by atoms with van der Waals surface area (Å²) < 4.78 is 7.16. The van der Waals surface area contributed by atoms with Gasteiger partial charge in [0.05, 0.1) is 33.2 Å². The Morgan fingerprint density at radius 1 is 1.45 bits per heavy atom. The number of nitrogens with zero attached hydrogens (tertiary/aromatic N) is 4. The molecule has 0 fully saturated rings. The molecule has 150 valence electrons. The van der Waals surface area contributed by atoms with E-state index in [1.54, 1.807) is 18.4 Å². The van der Waals surface area contributed by atoms with Crippen LogP contribution in [0.4, 0.5) is 11.4 Å². The van der Waals surface area contributed by atoms with Gasteiger partial charge in [-0.25, -0.2) is 0 Å². The molecule has 0 aliphatic rings. The van der Waals surface area contributed by atoms with E-state index in [0.717, 1.165) is 5.56 Å². The number of allylic oxidation sites excluding steroid dienone is 1. The summed E-state index contributed by atoms with van der Waals surface area (Å²) in [6.07, 6.45) is 3.29. The number of thioether (sulfide) groups is 1. The summed E-state index contributed by atoms with van der Waals surface area (Å²) in [5.74, 6) is 1.05. The number of nitro groups is 1. The largest absolute Gasteiger partial charge is 0.469 e. The molecule has 0 aliphatic carbocycles. The van der Waals surface area contributed by atoms with Crippen molar-refractivity contribution in [2.75, 3.05) is 11.1 Å². The minimum absolute atomic E-state index is 0.0486. The lowest BCUT2D eigenvalue weighted by Gasteiger charge is -2.08. The van der Waals surface area contributed by atoms with Gasteiger partial charge in [-0.3, -0.25) is 19.5 Å². The van der Waals surface area contributed by atoms with Gasteiger partial charge in [-0.05, 0) is 19.1 Å². The fourth-order valence-corrected chi connectivity index (χ4v) is 3.51. The highest BCUT2D eigenvalue weighted by Gasteiger charge is 2.18. The fraction of sp³-hybridized carbons (Fsp3) is 0.167. The molecule has 0 saturated carbocycles. The number of anilines is 1. The zero-order valence-corrected chi connectivity index (χ0v) is 16.9. The molecule has 3 rings (SSSR count). The van der Waals surface area contributed by atoms with Gasteiger partial charge in [0.1, 0.15) is 5.76 Å². The van der Waals surface area contributed by atoms with Crippen LogP contribution >= 0.6 is 23.4 Å². The molecule has 0 radical (unpaired) electrons. The van der Waals surface area contributed by atoms with Crippen LogP contribution in [0.15, 0.2) is 52.8 Å². The number of aryl methyl sites for hydroxylation is 1. The lowest BCUT2D eigenvalue weighted by atomic mass is 10.2. The van der Waals surface area contributed by atoms with Crippen LogP contribution in [0.5, 0.6) is 0 Å². The third-order valence-corrected chi connectivity index (χ3v) is 5.18. The average Bonchev–Trinajstić information content (AvgIpc) is 3.27. The second-order valence-corrected chi connectivity index (χ2v) is 7.20. The van der Waals surface area contributed by atoms with Crippen LogP contribution in [0.2, 0.25) is 5.02 Å². The van der Waals surface area contributed by atoms with Crippen LogP contribution in [0, 0.1) is 17.0 Å². The Bertz CT molecular complexity index is 1080. The number of amides is 1. The Labute approximate surface area is 174 Å². The number of carbonyl (C=O) groups excluding carboxylic acids is 1. The fourth-order valence-electron chi connectivity index (χ4n) is 2.54. The van der Waals surface area contributed by atoms with Crippen molar-refractivity contribution in [1.29, 1.82) is 0 Å². The summed E-state index contributed by atoms with van der Waals surface area (Å²) in [5.41, 5.74) is 0.959.